The lowest BCUT2D eigenvalue weighted by atomic mass is 9.90. The zero-order valence-corrected chi connectivity index (χ0v) is 14.5. The summed E-state index contributed by atoms with van der Waals surface area (Å²) in [6, 6.07) is 14.6. The van der Waals surface area contributed by atoms with Gasteiger partial charge in [0.15, 0.2) is 6.61 Å². The van der Waals surface area contributed by atoms with Crippen LogP contribution < -0.4 is 14.8 Å². The van der Waals surface area contributed by atoms with E-state index in [1.807, 2.05) is 38.1 Å². The van der Waals surface area contributed by atoms with Crippen LogP contribution >= 0.6 is 11.6 Å². The van der Waals surface area contributed by atoms with Crippen LogP contribution in [-0.2, 0) is 4.79 Å². The number of amides is 1. The number of hydrogen-bond donors (Lipinski definition) is 1. The molecule has 0 saturated heterocycles. The van der Waals surface area contributed by atoms with Crippen molar-refractivity contribution in [3.63, 3.8) is 0 Å². The van der Waals surface area contributed by atoms with Gasteiger partial charge in [0, 0.05) is 17.0 Å². The monoisotopic (exact) mass is 345 g/mol. The standard InChI is InChI=1S/C19H20ClNO3/c1-19(2)11-16(15-5-3-4-6-17(15)24-19)21-18(22)12-23-14-9-7-13(20)8-10-14/h3-10,16H,11-12H2,1-2H3,(H,21,22)/t16-/m1/s1. The summed E-state index contributed by atoms with van der Waals surface area (Å²) >= 11 is 5.83. The third-order valence-electron chi connectivity index (χ3n) is 3.90. The molecule has 0 fully saturated rings. The summed E-state index contributed by atoms with van der Waals surface area (Å²) in [5.41, 5.74) is 0.667. The van der Waals surface area contributed by atoms with Gasteiger partial charge in [-0.3, -0.25) is 4.79 Å². The van der Waals surface area contributed by atoms with E-state index >= 15 is 0 Å². The number of benzene rings is 2. The fraction of sp³-hybridized carbons (Fsp3) is 0.316. The number of carbonyl (C=O) groups is 1. The third kappa shape index (κ3) is 4.01. The molecular formula is C19H20ClNO3. The average molecular weight is 346 g/mol. The molecule has 0 radical (unpaired) electrons. The summed E-state index contributed by atoms with van der Waals surface area (Å²) in [6.45, 7) is 4.00. The molecule has 0 unspecified atom stereocenters. The first-order valence-electron chi connectivity index (χ1n) is 7.89. The highest BCUT2D eigenvalue weighted by atomic mass is 35.5. The van der Waals surface area contributed by atoms with Gasteiger partial charge in [-0.25, -0.2) is 0 Å². The van der Waals surface area contributed by atoms with Crippen molar-refractivity contribution < 1.29 is 14.3 Å². The Labute approximate surface area is 146 Å². The highest BCUT2D eigenvalue weighted by Gasteiger charge is 2.34. The molecule has 1 N–H and O–H groups in total. The first-order chi connectivity index (χ1) is 11.4. The fourth-order valence-electron chi connectivity index (χ4n) is 2.85. The van der Waals surface area contributed by atoms with E-state index in [9.17, 15) is 4.79 Å². The molecule has 0 aromatic heterocycles. The van der Waals surface area contributed by atoms with Crippen molar-refractivity contribution in [3.05, 3.63) is 59.1 Å². The SMILES string of the molecule is CC1(C)C[C@@H](NC(=O)COc2ccc(Cl)cc2)c2ccccc2O1. The molecule has 1 heterocycles. The van der Waals surface area contributed by atoms with Crippen LogP contribution in [-0.4, -0.2) is 18.1 Å². The molecule has 1 atom stereocenters. The topological polar surface area (TPSA) is 47.6 Å². The van der Waals surface area contributed by atoms with Gasteiger partial charge in [-0.15, -0.1) is 0 Å². The zero-order chi connectivity index (χ0) is 17.2. The molecular weight excluding hydrogens is 326 g/mol. The van der Waals surface area contributed by atoms with Crippen molar-refractivity contribution in [2.45, 2.75) is 31.9 Å². The summed E-state index contributed by atoms with van der Waals surface area (Å²) in [5.74, 6) is 1.27. The first kappa shape index (κ1) is 16.7. The minimum absolute atomic E-state index is 0.0401. The third-order valence-corrected chi connectivity index (χ3v) is 4.15. The zero-order valence-electron chi connectivity index (χ0n) is 13.7. The number of ether oxygens (including phenoxy) is 2. The summed E-state index contributed by atoms with van der Waals surface area (Å²) in [6.07, 6.45) is 0.705. The number of hydrogen-bond acceptors (Lipinski definition) is 3. The van der Waals surface area contributed by atoms with Gasteiger partial charge in [0.2, 0.25) is 0 Å². The van der Waals surface area contributed by atoms with Crippen LogP contribution in [0.1, 0.15) is 31.9 Å². The number of rotatable bonds is 4. The Balaban J connectivity index is 1.64. The largest absolute Gasteiger partial charge is 0.487 e. The van der Waals surface area contributed by atoms with E-state index < -0.39 is 0 Å². The van der Waals surface area contributed by atoms with Crippen LogP contribution in [0.5, 0.6) is 11.5 Å². The van der Waals surface area contributed by atoms with Crippen LogP contribution in [0, 0.1) is 0 Å². The smallest absolute Gasteiger partial charge is 0.258 e. The fourth-order valence-corrected chi connectivity index (χ4v) is 2.97. The molecule has 1 amide bonds. The molecule has 4 nitrogen and oxygen atoms in total. The normalized spacial score (nSPS) is 18.2. The molecule has 0 saturated carbocycles. The molecule has 126 valence electrons. The number of para-hydroxylation sites is 1. The van der Waals surface area contributed by atoms with E-state index in [2.05, 4.69) is 5.32 Å². The number of carbonyl (C=O) groups excluding carboxylic acids is 1. The lowest BCUT2D eigenvalue weighted by Gasteiger charge is -2.37. The second-order valence-electron chi connectivity index (χ2n) is 6.47. The Morgan fingerprint density at radius 3 is 2.71 bits per heavy atom. The lowest BCUT2D eigenvalue weighted by molar-refractivity contribution is -0.124. The number of fused-ring (bicyclic) bond motifs is 1. The van der Waals surface area contributed by atoms with Gasteiger partial charge in [0.1, 0.15) is 17.1 Å². The molecule has 2 aromatic rings. The molecule has 5 heteroatoms. The molecule has 0 aliphatic carbocycles. The van der Waals surface area contributed by atoms with Crippen molar-refractivity contribution in [1.29, 1.82) is 0 Å². The van der Waals surface area contributed by atoms with Crippen molar-refractivity contribution in [2.75, 3.05) is 6.61 Å². The molecule has 2 aromatic carbocycles. The molecule has 1 aliphatic rings. The molecule has 24 heavy (non-hydrogen) atoms. The minimum atomic E-state index is -0.330. The van der Waals surface area contributed by atoms with E-state index in [4.69, 9.17) is 21.1 Å². The second kappa shape index (κ2) is 6.73. The van der Waals surface area contributed by atoms with Crippen molar-refractivity contribution in [3.8, 4) is 11.5 Å². The van der Waals surface area contributed by atoms with Gasteiger partial charge in [0.25, 0.3) is 5.91 Å². The Morgan fingerprint density at radius 2 is 1.96 bits per heavy atom. The highest BCUT2D eigenvalue weighted by molar-refractivity contribution is 6.30. The Kier molecular flexibility index (Phi) is 4.67. The predicted octanol–water partition coefficient (Wildman–Crippen LogP) is 4.14. The van der Waals surface area contributed by atoms with Gasteiger partial charge < -0.3 is 14.8 Å². The van der Waals surface area contributed by atoms with E-state index in [0.717, 1.165) is 11.3 Å². The van der Waals surface area contributed by atoms with Gasteiger partial charge in [0.05, 0.1) is 6.04 Å². The highest BCUT2D eigenvalue weighted by Crippen LogP contribution is 2.39. The summed E-state index contributed by atoms with van der Waals surface area (Å²) in [4.78, 5) is 12.3. The average Bonchev–Trinajstić information content (AvgIpc) is 2.53. The second-order valence-corrected chi connectivity index (χ2v) is 6.90. The van der Waals surface area contributed by atoms with Crippen molar-refractivity contribution in [1.82, 2.24) is 5.32 Å². The van der Waals surface area contributed by atoms with Crippen molar-refractivity contribution in [2.24, 2.45) is 0 Å². The van der Waals surface area contributed by atoms with Gasteiger partial charge in [-0.1, -0.05) is 29.8 Å². The van der Waals surface area contributed by atoms with Crippen LogP contribution in [0.2, 0.25) is 5.02 Å². The van der Waals surface area contributed by atoms with Crippen LogP contribution in [0.4, 0.5) is 0 Å². The maximum absolute atomic E-state index is 12.3. The Morgan fingerprint density at radius 1 is 1.25 bits per heavy atom. The number of nitrogens with one attached hydrogen (secondary N) is 1. The lowest BCUT2D eigenvalue weighted by Crippen LogP contribution is -2.42. The predicted molar refractivity (Wildman–Crippen MR) is 93.6 cm³/mol. The Bertz CT molecular complexity index is 728. The summed E-state index contributed by atoms with van der Waals surface area (Å²) < 4.78 is 11.5. The number of halogens is 1. The van der Waals surface area contributed by atoms with Crippen LogP contribution in [0.15, 0.2) is 48.5 Å². The van der Waals surface area contributed by atoms with Gasteiger partial charge in [-0.2, -0.15) is 0 Å². The summed E-state index contributed by atoms with van der Waals surface area (Å²) in [7, 11) is 0. The molecule has 1 aliphatic heterocycles. The van der Waals surface area contributed by atoms with E-state index in [1.165, 1.54) is 0 Å². The van der Waals surface area contributed by atoms with Gasteiger partial charge in [-0.05, 0) is 44.2 Å². The van der Waals surface area contributed by atoms with E-state index in [0.29, 0.717) is 17.2 Å². The molecule has 0 bridgehead atoms. The van der Waals surface area contributed by atoms with Crippen LogP contribution in [0.3, 0.4) is 0 Å². The molecule has 3 rings (SSSR count). The minimum Gasteiger partial charge on any atom is -0.487 e. The van der Waals surface area contributed by atoms with Crippen molar-refractivity contribution >= 4 is 17.5 Å². The Hall–Kier alpha value is -2.20. The van der Waals surface area contributed by atoms with Crippen LogP contribution in [0.25, 0.3) is 0 Å². The molecule has 0 spiro atoms. The maximum Gasteiger partial charge on any atom is 0.258 e. The quantitative estimate of drug-likeness (QED) is 0.906. The van der Waals surface area contributed by atoms with Gasteiger partial charge >= 0.3 is 0 Å². The first-order valence-corrected chi connectivity index (χ1v) is 8.26. The van der Waals surface area contributed by atoms with E-state index in [-0.39, 0.29) is 24.2 Å². The maximum atomic E-state index is 12.3. The summed E-state index contributed by atoms with van der Waals surface area (Å²) in [5, 5.41) is 3.67. The van der Waals surface area contributed by atoms with E-state index in [1.54, 1.807) is 24.3 Å².